The molecule has 0 amide bonds. The predicted molar refractivity (Wildman–Crippen MR) is 73.0 cm³/mol. The molecule has 19 heavy (non-hydrogen) atoms. The van der Waals surface area contributed by atoms with Crippen LogP contribution < -0.4 is 0 Å². The van der Waals surface area contributed by atoms with Gasteiger partial charge in [0.2, 0.25) is 0 Å². The molecule has 3 aromatic rings. The fraction of sp³-hybridized carbons (Fsp3) is 0.0667. The Morgan fingerprint density at radius 1 is 1.42 bits per heavy atom. The van der Waals surface area contributed by atoms with Crippen LogP contribution in [0.25, 0.3) is 22.7 Å². The number of nitriles is 1. The predicted octanol–water partition coefficient (Wildman–Crippen LogP) is 3.53. The number of benzene rings is 1. The van der Waals surface area contributed by atoms with Crippen molar-refractivity contribution in [2.24, 2.45) is 0 Å². The van der Waals surface area contributed by atoms with Gasteiger partial charge in [0.05, 0.1) is 22.9 Å². The summed E-state index contributed by atoms with van der Waals surface area (Å²) >= 11 is 0. The molecule has 0 aliphatic heterocycles. The first-order chi connectivity index (χ1) is 9.26. The van der Waals surface area contributed by atoms with Crippen molar-refractivity contribution in [3.8, 4) is 6.07 Å². The second kappa shape index (κ2) is 4.46. The highest BCUT2D eigenvalue weighted by Crippen LogP contribution is 2.20. The molecule has 3 rings (SSSR count). The third-order valence-corrected chi connectivity index (χ3v) is 2.84. The Morgan fingerprint density at radius 2 is 2.32 bits per heavy atom. The number of fused-ring (bicyclic) bond motifs is 1. The van der Waals surface area contributed by atoms with E-state index in [0.29, 0.717) is 17.2 Å². The molecule has 0 spiro atoms. The lowest BCUT2D eigenvalue weighted by molar-refractivity contribution is 0.557. The van der Waals surface area contributed by atoms with Crippen molar-refractivity contribution in [1.82, 2.24) is 9.97 Å². The molecule has 0 aliphatic carbocycles. The van der Waals surface area contributed by atoms with Crippen molar-refractivity contribution in [2.45, 2.75) is 6.92 Å². The number of aryl methyl sites for hydroxylation is 1. The molecular formula is C15H11N3O. The van der Waals surface area contributed by atoms with E-state index in [9.17, 15) is 5.26 Å². The van der Waals surface area contributed by atoms with Gasteiger partial charge >= 0.3 is 0 Å². The summed E-state index contributed by atoms with van der Waals surface area (Å²) in [6.45, 7) is 2.02. The number of rotatable bonds is 2. The topological polar surface area (TPSA) is 65.6 Å². The maximum atomic E-state index is 9.24. The maximum Gasteiger partial charge on any atom is 0.149 e. The van der Waals surface area contributed by atoms with Gasteiger partial charge in [0.15, 0.2) is 0 Å². The standard InChI is InChI=1S/C15H11N3O/c1-10-4-5-13-14(7-10)18-15(17-13)11(9-16)8-12-3-2-6-19-12/h2-8H,1H3,(H,17,18). The van der Waals surface area contributed by atoms with Crippen molar-refractivity contribution in [3.63, 3.8) is 0 Å². The largest absolute Gasteiger partial charge is 0.465 e. The van der Waals surface area contributed by atoms with Gasteiger partial charge in [-0.25, -0.2) is 4.98 Å². The minimum atomic E-state index is 0.448. The Labute approximate surface area is 110 Å². The number of allylic oxidation sites excluding steroid dienone is 1. The minimum Gasteiger partial charge on any atom is -0.465 e. The number of nitrogens with zero attached hydrogens (tertiary/aromatic N) is 2. The zero-order valence-electron chi connectivity index (χ0n) is 10.3. The van der Waals surface area contributed by atoms with E-state index in [1.807, 2.05) is 25.1 Å². The third-order valence-electron chi connectivity index (χ3n) is 2.84. The molecule has 0 unspecified atom stereocenters. The van der Waals surface area contributed by atoms with E-state index in [-0.39, 0.29) is 0 Å². The summed E-state index contributed by atoms with van der Waals surface area (Å²) in [6, 6.07) is 11.7. The van der Waals surface area contributed by atoms with Gasteiger partial charge in [-0.05, 0) is 36.8 Å². The van der Waals surface area contributed by atoms with Crippen LogP contribution in [0.5, 0.6) is 0 Å². The Balaban J connectivity index is 2.10. The summed E-state index contributed by atoms with van der Waals surface area (Å²) in [4.78, 5) is 7.57. The molecule has 0 atom stereocenters. The van der Waals surface area contributed by atoms with Crippen LogP contribution in [0, 0.1) is 18.3 Å². The van der Waals surface area contributed by atoms with Gasteiger partial charge in [0, 0.05) is 6.08 Å². The number of imidazole rings is 1. The monoisotopic (exact) mass is 249 g/mol. The summed E-state index contributed by atoms with van der Waals surface area (Å²) in [7, 11) is 0. The van der Waals surface area contributed by atoms with Gasteiger partial charge in [-0.2, -0.15) is 5.26 Å². The second-order valence-corrected chi connectivity index (χ2v) is 4.29. The number of aromatic nitrogens is 2. The van der Waals surface area contributed by atoms with Crippen LogP contribution in [0.2, 0.25) is 0 Å². The van der Waals surface area contributed by atoms with Crippen molar-refractivity contribution in [3.05, 3.63) is 53.7 Å². The Morgan fingerprint density at radius 3 is 3.05 bits per heavy atom. The van der Waals surface area contributed by atoms with Crippen LogP contribution in [0.4, 0.5) is 0 Å². The third kappa shape index (κ3) is 2.14. The molecule has 0 bridgehead atoms. The average Bonchev–Trinajstić information content (AvgIpc) is 3.03. The lowest BCUT2D eigenvalue weighted by Crippen LogP contribution is -1.83. The average molecular weight is 249 g/mol. The molecule has 0 fully saturated rings. The molecule has 1 N–H and O–H groups in total. The van der Waals surface area contributed by atoms with Gasteiger partial charge in [-0.3, -0.25) is 0 Å². The van der Waals surface area contributed by atoms with E-state index >= 15 is 0 Å². The summed E-state index contributed by atoms with van der Waals surface area (Å²) in [5.41, 5.74) is 3.37. The van der Waals surface area contributed by atoms with E-state index in [1.54, 1.807) is 24.5 Å². The van der Waals surface area contributed by atoms with Gasteiger partial charge in [-0.1, -0.05) is 6.07 Å². The highest BCUT2D eigenvalue weighted by molar-refractivity contribution is 5.89. The van der Waals surface area contributed by atoms with Crippen molar-refractivity contribution < 1.29 is 4.42 Å². The highest BCUT2D eigenvalue weighted by Gasteiger charge is 2.08. The number of nitrogens with one attached hydrogen (secondary N) is 1. The quantitative estimate of drug-likeness (QED) is 0.706. The van der Waals surface area contributed by atoms with E-state index in [1.165, 1.54) is 0 Å². The molecule has 0 aliphatic rings. The van der Waals surface area contributed by atoms with Crippen molar-refractivity contribution >= 4 is 22.7 Å². The molecule has 92 valence electrons. The molecule has 2 aromatic heterocycles. The summed E-state index contributed by atoms with van der Waals surface area (Å²) in [6.07, 6.45) is 3.24. The van der Waals surface area contributed by atoms with Crippen LogP contribution in [0.15, 0.2) is 41.0 Å². The fourth-order valence-electron chi connectivity index (χ4n) is 1.92. The first kappa shape index (κ1) is 11.3. The zero-order valence-corrected chi connectivity index (χ0v) is 10.3. The van der Waals surface area contributed by atoms with Gasteiger partial charge in [0.1, 0.15) is 17.7 Å². The van der Waals surface area contributed by atoms with Crippen molar-refractivity contribution in [2.75, 3.05) is 0 Å². The number of H-pyrrole nitrogens is 1. The molecule has 0 saturated heterocycles. The second-order valence-electron chi connectivity index (χ2n) is 4.29. The van der Waals surface area contributed by atoms with E-state index in [0.717, 1.165) is 16.6 Å². The van der Waals surface area contributed by atoms with Crippen LogP contribution in [-0.4, -0.2) is 9.97 Å². The highest BCUT2D eigenvalue weighted by atomic mass is 16.3. The molecular weight excluding hydrogens is 238 g/mol. The number of hydrogen-bond donors (Lipinski definition) is 1. The smallest absolute Gasteiger partial charge is 0.149 e. The Kier molecular flexibility index (Phi) is 2.66. The lowest BCUT2D eigenvalue weighted by atomic mass is 10.2. The van der Waals surface area contributed by atoms with Gasteiger partial charge < -0.3 is 9.40 Å². The fourth-order valence-corrected chi connectivity index (χ4v) is 1.92. The molecule has 0 saturated carbocycles. The summed E-state index contributed by atoms with van der Waals surface area (Å²) < 4.78 is 5.21. The molecule has 4 heteroatoms. The van der Waals surface area contributed by atoms with Gasteiger partial charge in [-0.15, -0.1) is 0 Å². The first-order valence-electron chi connectivity index (χ1n) is 5.88. The van der Waals surface area contributed by atoms with Crippen molar-refractivity contribution in [1.29, 1.82) is 5.26 Å². The van der Waals surface area contributed by atoms with Gasteiger partial charge in [0.25, 0.3) is 0 Å². The van der Waals surface area contributed by atoms with E-state index < -0.39 is 0 Å². The molecule has 2 heterocycles. The van der Waals surface area contributed by atoms with Crippen LogP contribution in [0.1, 0.15) is 17.1 Å². The van der Waals surface area contributed by atoms with Crippen LogP contribution in [0.3, 0.4) is 0 Å². The minimum absolute atomic E-state index is 0.448. The maximum absolute atomic E-state index is 9.24. The molecule has 1 aromatic carbocycles. The van der Waals surface area contributed by atoms with Crippen LogP contribution in [-0.2, 0) is 0 Å². The Hall–Kier alpha value is -2.80. The van der Waals surface area contributed by atoms with E-state index in [2.05, 4.69) is 16.0 Å². The van der Waals surface area contributed by atoms with E-state index in [4.69, 9.17) is 4.42 Å². The number of hydrogen-bond acceptors (Lipinski definition) is 3. The molecule has 0 radical (unpaired) electrons. The lowest BCUT2D eigenvalue weighted by Gasteiger charge is -1.91. The summed E-state index contributed by atoms with van der Waals surface area (Å²) in [5.74, 6) is 1.19. The zero-order chi connectivity index (χ0) is 13.2. The molecule has 4 nitrogen and oxygen atoms in total. The number of furan rings is 1. The normalized spacial score (nSPS) is 11.7. The summed E-state index contributed by atoms with van der Waals surface area (Å²) in [5, 5.41) is 9.24. The van der Waals surface area contributed by atoms with Crippen LogP contribution >= 0.6 is 0 Å². The number of aromatic amines is 1. The Bertz CT molecular complexity index is 789. The SMILES string of the molecule is Cc1ccc2nc(C(C#N)=Cc3ccco3)[nH]c2c1. The first-order valence-corrected chi connectivity index (χ1v) is 5.88.